The number of nitrogens with zero attached hydrogens (tertiary/aromatic N) is 2. The Kier molecular flexibility index (Phi) is 9.72. The monoisotopic (exact) mass is 532 g/mol. The zero-order valence-corrected chi connectivity index (χ0v) is 22.9. The molecular formula is C26H36N4O6S. The lowest BCUT2D eigenvalue weighted by atomic mass is 9.89. The third kappa shape index (κ3) is 8.03. The molecule has 37 heavy (non-hydrogen) atoms. The van der Waals surface area contributed by atoms with Crippen LogP contribution >= 0.6 is 11.3 Å². The van der Waals surface area contributed by atoms with Crippen LogP contribution in [0.25, 0.3) is 0 Å². The summed E-state index contributed by atoms with van der Waals surface area (Å²) in [7, 11) is 1.42. The second kappa shape index (κ2) is 12.6. The van der Waals surface area contributed by atoms with Crippen LogP contribution in [0.1, 0.15) is 68.4 Å². The number of ether oxygens (including phenoxy) is 1. The molecule has 1 aliphatic carbocycles. The summed E-state index contributed by atoms with van der Waals surface area (Å²) in [5.41, 5.74) is 2.01. The highest BCUT2D eigenvalue weighted by Crippen LogP contribution is 2.47. The van der Waals surface area contributed by atoms with Crippen LogP contribution in [0.2, 0.25) is 0 Å². The fraction of sp³-hybridized carbons (Fsp3) is 0.615. The van der Waals surface area contributed by atoms with E-state index in [1.807, 2.05) is 26.2 Å². The van der Waals surface area contributed by atoms with Gasteiger partial charge in [-0.25, -0.2) is 4.98 Å². The number of nitrogens with one attached hydrogen (secondary N) is 2. The number of aromatic nitrogens is 2. The van der Waals surface area contributed by atoms with Crippen molar-refractivity contribution in [1.82, 2.24) is 20.8 Å². The number of ketones is 2. The van der Waals surface area contributed by atoms with Crippen LogP contribution in [0.15, 0.2) is 21.5 Å². The summed E-state index contributed by atoms with van der Waals surface area (Å²) >= 11 is 1.40. The van der Waals surface area contributed by atoms with E-state index in [9.17, 15) is 19.2 Å². The van der Waals surface area contributed by atoms with E-state index in [0.717, 1.165) is 12.8 Å². The predicted octanol–water partition coefficient (Wildman–Crippen LogP) is 2.90. The second-order valence-electron chi connectivity index (χ2n) is 10.5. The molecule has 0 radical (unpaired) electrons. The van der Waals surface area contributed by atoms with Gasteiger partial charge in [0.25, 0.3) is 5.91 Å². The number of carbonyl (C=O) groups excluding carboxylic acids is 4. The molecule has 1 fully saturated rings. The molecule has 2 heterocycles. The highest BCUT2D eigenvalue weighted by atomic mass is 32.1. The van der Waals surface area contributed by atoms with Crippen LogP contribution in [-0.2, 0) is 25.5 Å². The first-order chi connectivity index (χ1) is 17.5. The number of Topliss-reactive ketones (excluding diaryl/α,β-unsaturated/α-hetero) is 2. The minimum Gasteiger partial charge on any atom is -0.382 e. The molecule has 202 valence electrons. The molecule has 1 aliphatic rings. The SMILES string of the molecule is COC[C@H](NC(=O)c1cc(C)on1)C(=O)C[C@@H](Cc1cscn1)C(=O)N[C@@H](CC(C)C)C(=O)C1(C)CC1. The Labute approximate surface area is 220 Å². The van der Waals surface area contributed by atoms with Gasteiger partial charge in [-0.2, -0.15) is 0 Å². The summed E-state index contributed by atoms with van der Waals surface area (Å²) in [5.74, 6) is -1.38. The van der Waals surface area contributed by atoms with Gasteiger partial charge in [-0.05, 0) is 32.1 Å². The Bertz CT molecular complexity index is 1090. The van der Waals surface area contributed by atoms with Gasteiger partial charge in [-0.3, -0.25) is 19.2 Å². The normalized spacial score (nSPS) is 16.6. The molecule has 10 nitrogen and oxygen atoms in total. The van der Waals surface area contributed by atoms with E-state index >= 15 is 0 Å². The molecule has 0 aliphatic heterocycles. The van der Waals surface area contributed by atoms with Crippen molar-refractivity contribution < 1.29 is 28.4 Å². The topological polar surface area (TPSA) is 140 Å². The van der Waals surface area contributed by atoms with Gasteiger partial charge in [-0.15, -0.1) is 11.3 Å². The van der Waals surface area contributed by atoms with Crippen molar-refractivity contribution in [1.29, 1.82) is 0 Å². The first kappa shape index (κ1) is 28.6. The smallest absolute Gasteiger partial charge is 0.274 e. The van der Waals surface area contributed by atoms with Crippen molar-refractivity contribution in [2.24, 2.45) is 17.3 Å². The van der Waals surface area contributed by atoms with Crippen LogP contribution < -0.4 is 10.6 Å². The van der Waals surface area contributed by atoms with Crippen molar-refractivity contribution >= 4 is 34.7 Å². The number of amides is 2. The number of hydrogen-bond donors (Lipinski definition) is 2. The lowest BCUT2D eigenvalue weighted by Gasteiger charge is -2.26. The summed E-state index contributed by atoms with van der Waals surface area (Å²) in [6, 6.07) is -0.134. The lowest BCUT2D eigenvalue weighted by molar-refractivity contribution is -0.134. The maximum atomic E-state index is 13.5. The molecule has 2 amide bonds. The van der Waals surface area contributed by atoms with Crippen molar-refractivity contribution in [3.05, 3.63) is 34.1 Å². The highest BCUT2D eigenvalue weighted by Gasteiger charge is 2.48. The second-order valence-corrected chi connectivity index (χ2v) is 11.2. The zero-order chi connectivity index (χ0) is 27.2. The molecule has 1 saturated carbocycles. The van der Waals surface area contributed by atoms with E-state index in [-0.39, 0.29) is 53.9 Å². The van der Waals surface area contributed by atoms with Gasteiger partial charge in [0.05, 0.1) is 29.8 Å². The number of methoxy groups -OCH3 is 1. The quantitative estimate of drug-likeness (QED) is 0.357. The number of hydrogen-bond acceptors (Lipinski definition) is 9. The molecule has 3 atom stereocenters. The van der Waals surface area contributed by atoms with Gasteiger partial charge >= 0.3 is 0 Å². The van der Waals surface area contributed by atoms with Gasteiger partial charge < -0.3 is 19.9 Å². The average Bonchev–Trinajstić information content (AvgIpc) is 3.20. The molecule has 2 aromatic heterocycles. The summed E-state index contributed by atoms with van der Waals surface area (Å²) in [6.45, 7) is 7.53. The largest absolute Gasteiger partial charge is 0.382 e. The Morgan fingerprint density at radius 3 is 2.46 bits per heavy atom. The first-order valence-corrected chi connectivity index (χ1v) is 13.4. The lowest BCUT2D eigenvalue weighted by Crippen LogP contribution is -2.49. The van der Waals surface area contributed by atoms with Crippen LogP contribution in [0.5, 0.6) is 0 Å². The molecule has 2 N–H and O–H groups in total. The number of aryl methyl sites for hydroxylation is 1. The third-order valence-electron chi connectivity index (χ3n) is 6.58. The molecule has 0 spiro atoms. The van der Waals surface area contributed by atoms with Gasteiger partial charge in [0, 0.05) is 36.8 Å². The molecule has 0 bridgehead atoms. The molecule has 0 unspecified atom stereocenters. The summed E-state index contributed by atoms with van der Waals surface area (Å²) in [5, 5.41) is 11.1. The molecule has 2 aromatic rings. The minimum atomic E-state index is -0.987. The summed E-state index contributed by atoms with van der Waals surface area (Å²) in [6.07, 6.45) is 2.24. The third-order valence-corrected chi connectivity index (χ3v) is 7.22. The fourth-order valence-electron chi connectivity index (χ4n) is 4.17. The van der Waals surface area contributed by atoms with Crippen LogP contribution in [0.3, 0.4) is 0 Å². The zero-order valence-electron chi connectivity index (χ0n) is 22.0. The Hall–Kier alpha value is -2.92. The number of thiazole rings is 1. The van der Waals surface area contributed by atoms with Crippen molar-refractivity contribution in [3.63, 3.8) is 0 Å². The predicted molar refractivity (Wildman–Crippen MR) is 137 cm³/mol. The van der Waals surface area contributed by atoms with E-state index in [1.165, 1.54) is 24.5 Å². The van der Waals surface area contributed by atoms with Crippen LogP contribution in [-0.4, -0.2) is 59.3 Å². The maximum absolute atomic E-state index is 13.5. The molecule has 3 rings (SSSR count). The molecular weight excluding hydrogens is 496 g/mol. The van der Waals surface area contributed by atoms with Gasteiger partial charge in [0.15, 0.2) is 17.3 Å². The van der Waals surface area contributed by atoms with E-state index in [1.54, 1.807) is 12.4 Å². The molecule has 11 heteroatoms. The average molecular weight is 533 g/mol. The fourth-order valence-corrected chi connectivity index (χ4v) is 4.74. The molecule has 0 aromatic carbocycles. The first-order valence-electron chi connectivity index (χ1n) is 12.5. The van der Waals surface area contributed by atoms with Crippen LogP contribution in [0.4, 0.5) is 0 Å². The minimum absolute atomic E-state index is 0.0423. The van der Waals surface area contributed by atoms with Crippen molar-refractivity contribution in [2.45, 2.75) is 71.9 Å². The Morgan fingerprint density at radius 2 is 1.92 bits per heavy atom. The summed E-state index contributed by atoms with van der Waals surface area (Å²) in [4.78, 5) is 56.8. The van der Waals surface area contributed by atoms with E-state index in [0.29, 0.717) is 17.9 Å². The van der Waals surface area contributed by atoms with E-state index in [4.69, 9.17) is 9.26 Å². The van der Waals surface area contributed by atoms with Gasteiger partial charge in [0.2, 0.25) is 5.91 Å². The standard InChI is InChI=1S/C26H36N4O6S/c1-15(2)8-19(23(32)26(4)6-7-26)28-24(33)17(10-18-13-37-14-27-18)11-22(31)21(12-35-5)29-25(34)20-9-16(3)36-30-20/h9,13-15,17,19,21H,6-8,10-12H2,1-5H3,(H,28,33)(H,29,34)/t17-,19+,21+/m1/s1. The highest BCUT2D eigenvalue weighted by molar-refractivity contribution is 7.07. The number of rotatable bonds is 15. The maximum Gasteiger partial charge on any atom is 0.274 e. The molecule has 0 saturated heterocycles. The van der Waals surface area contributed by atoms with E-state index in [2.05, 4.69) is 20.8 Å². The van der Waals surface area contributed by atoms with E-state index < -0.39 is 23.9 Å². The van der Waals surface area contributed by atoms with Gasteiger partial charge in [0.1, 0.15) is 11.8 Å². The Morgan fingerprint density at radius 1 is 1.19 bits per heavy atom. The van der Waals surface area contributed by atoms with Crippen molar-refractivity contribution in [3.8, 4) is 0 Å². The Balaban J connectivity index is 1.75. The van der Waals surface area contributed by atoms with Crippen LogP contribution in [0, 0.1) is 24.2 Å². The van der Waals surface area contributed by atoms with Crippen molar-refractivity contribution in [2.75, 3.05) is 13.7 Å². The summed E-state index contributed by atoms with van der Waals surface area (Å²) < 4.78 is 10.1. The van der Waals surface area contributed by atoms with Gasteiger partial charge in [-0.1, -0.05) is 25.9 Å². The number of carbonyl (C=O) groups is 4.